The number of carbonyl (C=O) groups excluding carboxylic acids is 1. The summed E-state index contributed by atoms with van der Waals surface area (Å²) in [6.45, 7) is 0. The van der Waals surface area contributed by atoms with Gasteiger partial charge in [-0.05, 0) is 23.8 Å². The summed E-state index contributed by atoms with van der Waals surface area (Å²) in [7, 11) is 1.36. The highest BCUT2D eigenvalue weighted by Gasteiger charge is 2.13. The maximum atomic E-state index is 10.6. The van der Waals surface area contributed by atoms with Crippen LogP contribution in [0.25, 0.3) is 6.08 Å². The Morgan fingerprint density at radius 2 is 2.20 bits per heavy atom. The lowest BCUT2D eigenvalue weighted by molar-refractivity contribution is -0.385. The van der Waals surface area contributed by atoms with Gasteiger partial charge in [-0.15, -0.1) is 0 Å². The van der Waals surface area contributed by atoms with Crippen molar-refractivity contribution in [2.24, 2.45) is 0 Å². The lowest BCUT2D eigenvalue weighted by atomic mass is 10.2. The standard InChI is InChI=1S/C10H9NO4/c1-15-10-7-8(3-2-6-12)4-5-9(10)11(13)14/h2-7H,1H3/b3-2+. The van der Waals surface area contributed by atoms with E-state index in [2.05, 4.69) is 0 Å². The zero-order valence-corrected chi connectivity index (χ0v) is 8.04. The minimum Gasteiger partial charge on any atom is -0.490 e. The van der Waals surface area contributed by atoms with E-state index in [4.69, 9.17) is 4.74 Å². The van der Waals surface area contributed by atoms with Gasteiger partial charge in [0.05, 0.1) is 12.0 Å². The molecular formula is C10H9NO4. The Balaban J connectivity index is 3.12. The second kappa shape index (κ2) is 4.90. The molecule has 0 aliphatic heterocycles. The molecule has 0 N–H and O–H groups in total. The van der Waals surface area contributed by atoms with Gasteiger partial charge in [-0.3, -0.25) is 14.9 Å². The van der Waals surface area contributed by atoms with Gasteiger partial charge in [-0.2, -0.15) is 0 Å². The van der Waals surface area contributed by atoms with Crippen molar-refractivity contribution in [2.75, 3.05) is 7.11 Å². The van der Waals surface area contributed by atoms with Crippen LogP contribution in [0.15, 0.2) is 24.3 Å². The van der Waals surface area contributed by atoms with E-state index in [1.54, 1.807) is 12.1 Å². The summed E-state index contributed by atoms with van der Waals surface area (Å²) in [5.74, 6) is 0.174. The Hall–Kier alpha value is -2.17. The molecule has 0 aliphatic rings. The van der Waals surface area contributed by atoms with Crippen molar-refractivity contribution in [1.29, 1.82) is 0 Å². The molecule has 0 saturated carbocycles. The molecule has 0 saturated heterocycles. The zero-order chi connectivity index (χ0) is 11.3. The predicted molar refractivity (Wildman–Crippen MR) is 54.7 cm³/mol. The minimum absolute atomic E-state index is 0.0965. The number of ether oxygens (including phenoxy) is 1. The van der Waals surface area contributed by atoms with Gasteiger partial charge in [0, 0.05) is 6.07 Å². The molecule has 1 aromatic rings. The van der Waals surface area contributed by atoms with E-state index in [9.17, 15) is 14.9 Å². The van der Waals surface area contributed by atoms with E-state index in [1.807, 2.05) is 0 Å². The molecule has 5 nitrogen and oxygen atoms in total. The van der Waals surface area contributed by atoms with E-state index < -0.39 is 4.92 Å². The van der Waals surface area contributed by atoms with Gasteiger partial charge < -0.3 is 4.74 Å². The number of benzene rings is 1. The van der Waals surface area contributed by atoms with Gasteiger partial charge in [0.1, 0.15) is 6.29 Å². The van der Waals surface area contributed by atoms with Crippen LogP contribution in [-0.4, -0.2) is 18.3 Å². The number of methoxy groups -OCH3 is 1. The Labute approximate surface area is 86.1 Å². The number of allylic oxidation sites excluding steroid dienone is 1. The molecule has 78 valence electrons. The zero-order valence-electron chi connectivity index (χ0n) is 8.04. The highest BCUT2D eigenvalue weighted by atomic mass is 16.6. The second-order valence-electron chi connectivity index (χ2n) is 2.68. The molecule has 0 aliphatic carbocycles. The Kier molecular flexibility index (Phi) is 3.56. The topological polar surface area (TPSA) is 69.4 Å². The van der Waals surface area contributed by atoms with Gasteiger partial charge >= 0.3 is 5.69 Å². The van der Waals surface area contributed by atoms with Gasteiger partial charge in [0.15, 0.2) is 5.75 Å². The molecule has 0 heterocycles. The molecule has 15 heavy (non-hydrogen) atoms. The molecule has 0 radical (unpaired) electrons. The van der Waals surface area contributed by atoms with Crippen molar-refractivity contribution in [3.8, 4) is 5.75 Å². The van der Waals surface area contributed by atoms with Gasteiger partial charge in [-0.1, -0.05) is 6.08 Å². The number of nitrogens with zero attached hydrogens (tertiary/aromatic N) is 1. The molecule has 0 atom stereocenters. The van der Waals surface area contributed by atoms with Crippen molar-refractivity contribution in [1.82, 2.24) is 0 Å². The van der Waals surface area contributed by atoms with Crippen molar-refractivity contribution in [3.63, 3.8) is 0 Å². The minimum atomic E-state index is -0.522. The first-order valence-corrected chi connectivity index (χ1v) is 4.13. The predicted octanol–water partition coefficient (Wildman–Crippen LogP) is 1.82. The van der Waals surface area contributed by atoms with Crippen LogP contribution in [0.5, 0.6) is 5.75 Å². The third kappa shape index (κ3) is 2.63. The van der Waals surface area contributed by atoms with E-state index in [1.165, 1.54) is 25.3 Å². The van der Waals surface area contributed by atoms with Crippen LogP contribution in [0.3, 0.4) is 0 Å². The van der Waals surface area contributed by atoms with E-state index >= 15 is 0 Å². The fourth-order valence-corrected chi connectivity index (χ4v) is 1.10. The summed E-state index contributed by atoms with van der Waals surface area (Å²) in [4.78, 5) is 20.1. The van der Waals surface area contributed by atoms with E-state index in [0.717, 1.165) is 0 Å². The molecule has 5 heteroatoms. The Morgan fingerprint density at radius 1 is 1.47 bits per heavy atom. The van der Waals surface area contributed by atoms with Gasteiger partial charge in [0.25, 0.3) is 0 Å². The fraction of sp³-hybridized carbons (Fsp3) is 0.100. The molecule has 0 amide bonds. The average molecular weight is 207 g/mol. The monoisotopic (exact) mass is 207 g/mol. The number of nitro groups is 1. The highest BCUT2D eigenvalue weighted by Crippen LogP contribution is 2.27. The van der Waals surface area contributed by atoms with Crippen LogP contribution in [-0.2, 0) is 4.79 Å². The van der Waals surface area contributed by atoms with Gasteiger partial charge in [0.2, 0.25) is 0 Å². The average Bonchev–Trinajstić information content (AvgIpc) is 2.25. The Morgan fingerprint density at radius 3 is 2.73 bits per heavy atom. The molecule has 0 fully saturated rings. The molecule has 0 bridgehead atoms. The molecule has 0 unspecified atom stereocenters. The third-order valence-electron chi connectivity index (χ3n) is 1.77. The number of rotatable bonds is 4. The SMILES string of the molecule is COc1cc(/C=C/C=O)ccc1[N+](=O)[O-]. The Bertz CT molecular complexity index is 412. The molecule has 1 aromatic carbocycles. The van der Waals surface area contributed by atoms with Crippen molar-refractivity contribution in [3.05, 3.63) is 40.0 Å². The smallest absolute Gasteiger partial charge is 0.310 e. The fourth-order valence-electron chi connectivity index (χ4n) is 1.10. The number of aldehydes is 1. The molecule has 1 rings (SSSR count). The molecule has 0 aromatic heterocycles. The molecular weight excluding hydrogens is 198 g/mol. The van der Waals surface area contributed by atoms with E-state index in [-0.39, 0.29) is 11.4 Å². The second-order valence-corrected chi connectivity index (χ2v) is 2.68. The summed E-state index contributed by atoms with van der Waals surface area (Å²) in [6, 6.07) is 4.38. The van der Waals surface area contributed by atoms with Crippen LogP contribution in [0.1, 0.15) is 5.56 Å². The summed E-state index contributed by atoms with van der Waals surface area (Å²) in [6.07, 6.45) is 3.48. The van der Waals surface area contributed by atoms with Crippen molar-refractivity contribution < 1.29 is 14.5 Å². The summed E-state index contributed by atoms with van der Waals surface area (Å²) >= 11 is 0. The summed E-state index contributed by atoms with van der Waals surface area (Å²) in [5.41, 5.74) is 0.574. The normalized spacial score (nSPS) is 10.2. The number of hydrogen-bond acceptors (Lipinski definition) is 4. The van der Waals surface area contributed by atoms with Crippen LogP contribution in [0.4, 0.5) is 5.69 Å². The first kappa shape index (κ1) is 10.9. The quantitative estimate of drug-likeness (QED) is 0.327. The largest absolute Gasteiger partial charge is 0.490 e. The van der Waals surface area contributed by atoms with Crippen LogP contribution in [0.2, 0.25) is 0 Å². The van der Waals surface area contributed by atoms with E-state index in [0.29, 0.717) is 11.8 Å². The summed E-state index contributed by atoms with van der Waals surface area (Å²) < 4.78 is 4.86. The van der Waals surface area contributed by atoms with Crippen molar-refractivity contribution >= 4 is 18.0 Å². The highest BCUT2D eigenvalue weighted by molar-refractivity contribution is 5.74. The van der Waals surface area contributed by atoms with Crippen LogP contribution < -0.4 is 4.74 Å². The molecule has 0 spiro atoms. The first-order valence-electron chi connectivity index (χ1n) is 4.13. The lowest BCUT2D eigenvalue weighted by Gasteiger charge is -2.01. The maximum absolute atomic E-state index is 10.6. The first-order chi connectivity index (χ1) is 7.19. The van der Waals surface area contributed by atoms with Crippen molar-refractivity contribution in [2.45, 2.75) is 0 Å². The van der Waals surface area contributed by atoms with Crippen LogP contribution >= 0.6 is 0 Å². The number of nitro benzene ring substituents is 1. The van der Waals surface area contributed by atoms with Crippen LogP contribution in [0, 0.1) is 10.1 Å². The maximum Gasteiger partial charge on any atom is 0.310 e. The third-order valence-corrected chi connectivity index (χ3v) is 1.77. The number of hydrogen-bond donors (Lipinski definition) is 0. The van der Waals surface area contributed by atoms with Gasteiger partial charge in [-0.25, -0.2) is 0 Å². The number of carbonyl (C=O) groups is 1. The summed E-state index contributed by atoms with van der Waals surface area (Å²) in [5, 5.41) is 10.6. The lowest BCUT2D eigenvalue weighted by Crippen LogP contribution is -1.93.